The van der Waals surface area contributed by atoms with Crippen molar-refractivity contribution in [1.29, 1.82) is 0 Å². The van der Waals surface area contributed by atoms with Gasteiger partial charge in [0.15, 0.2) is 5.82 Å². The van der Waals surface area contributed by atoms with E-state index >= 15 is 0 Å². The third-order valence-corrected chi connectivity index (χ3v) is 5.23. The molecule has 1 heterocycles. The number of hydrogen-bond acceptors (Lipinski definition) is 4. The third-order valence-electron chi connectivity index (χ3n) is 3.82. The zero-order chi connectivity index (χ0) is 15.0. The average Bonchev–Trinajstić information content (AvgIpc) is 2.38. The number of sulfonamides is 1. The molecule has 0 radical (unpaired) electrons. The molecule has 1 aliphatic rings. The zero-order valence-corrected chi connectivity index (χ0v) is 12.6. The Morgan fingerprint density at radius 1 is 1.55 bits per heavy atom. The van der Waals surface area contributed by atoms with E-state index in [1.54, 1.807) is 0 Å². The first-order valence-corrected chi connectivity index (χ1v) is 8.01. The van der Waals surface area contributed by atoms with Gasteiger partial charge in [-0.3, -0.25) is 0 Å². The molecule has 1 saturated carbocycles. The van der Waals surface area contributed by atoms with Crippen molar-refractivity contribution in [2.75, 3.05) is 6.61 Å². The number of halogens is 1. The second-order valence-electron chi connectivity index (χ2n) is 5.47. The number of ether oxygens (including phenoxy) is 1. The van der Waals surface area contributed by atoms with Crippen LogP contribution in [0.1, 0.15) is 27.2 Å². The van der Waals surface area contributed by atoms with Crippen molar-refractivity contribution in [3.63, 3.8) is 0 Å². The SMILES string of the molecule is CCOC1CC(NS(=O)(=O)c2ncccc2F)C1(C)C. The van der Waals surface area contributed by atoms with E-state index in [0.717, 1.165) is 6.07 Å². The van der Waals surface area contributed by atoms with E-state index in [-0.39, 0.29) is 17.6 Å². The zero-order valence-electron chi connectivity index (χ0n) is 11.8. The lowest BCUT2D eigenvalue weighted by molar-refractivity contribution is -0.108. The van der Waals surface area contributed by atoms with Crippen molar-refractivity contribution in [2.45, 2.75) is 44.4 Å². The lowest BCUT2D eigenvalue weighted by Crippen LogP contribution is -2.62. The first-order chi connectivity index (χ1) is 9.29. The van der Waals surface area contributed by atoms with Crippen molar-refractivity contribution >= 4 is 10.0 Å². The highest BCUT2D eigenvalue weighted by Crippen LogP contribution is 2.43. The van der Waals surface area contributed by atoms with Gasteiger partial charge in [0.25, 0.3) is 10.0 Å². The predicted octanol–water partition coefficient (Wildman–Crippen LogP) is 1.70. The minimum Gasteiger partial charge on any atom is -0.378 e. The Kier molecular flexibility index (Phi) is 4.13. The fourth-order valence-electron chi connectivity index (χ4n) is 2.38. The number of nitrogens with zero attached hydrogens (tertiary/aromatic N) is 1. The number of pyridine rings is 1. The topological polar surface area (TPSA) is 68.3 Å². The molecule has 0 bridgehead atoms. The molecular formula is C13H19FN2O3S. The van der Waals surface area contributed by atoms with Crippen molar-refractivity contribution in [1.82, 2.24) is 9.71 Å². The van der Waals surface area contributed by atoms with E-state index < -0.39 is 20.9 Å². The first-order valence-electron chi connectivity index (χ1n) is 6.53. The Labute approximate surface area is 118 Å². The standard InChI is InChI=1S/C13H19FN2O3S/c1-4-19-11-8-10(13(11,2)3)16-20(17,18)12-9(14)6-5-7-15-12/h5-7,10-11,16H,4,8H2,1-3H3. The van der Waals surface area contributed by atoms with Gasteiger partial charge in [-0.15, -0.1) is 0 Å². The smallest absolute Gasteiger partial charge is 0.261 e. The highest BCUT2D eigenvalue weighted by atomic mass is 32.2. The van der Waals surface area contributed by atoms with Crippen LogP contribution in [0.25, 0.3) is 0 Å². The minimum absolute atomic E-state index is 0.00813. The van der Waals surface area contributed by atoms with Gasteiger partial charge in [0.2, 0.25) is 5.03 Å². The third kappa shape index (κ3) is 2.70. The Morgan fingerprint density at radius 2 is 2.25 bits per heavy atom. The number of rotatable bonds is 5. The molecule has 1 aromatic rings. The monoisotopic (exact) mass is 302 g/mol. The molecule has 1 aliphatic carbocycles. The maximum atomic E-state index is 13.5. The van der Waals surface area contributed by atoms with Crippen molar-refractivity contribution in [3.05, 3.63) is 24.1 Å². The van der Waals surface area contributed by atoms with Crippen LogP contribution in [-0.2, 0) is 14.8 Å². The highest BCUT2D eigenvalue weighted by Gasteiger charge is 2.50. The van der Waals surface area contributed by atoms with Gasteiger partial charge in [-0.25, -0.2) is 22.5 Å². The molecule has 0 aliphatic heterocycles. The summed E-state index contributed by atoms with van der Waals surface area (Å²) in [6.45, 7) is 6.34. The maximum absolute atomic E-state index is 13.5. The molecule has 2 rings (SSSR count). The normalized spacial score (nSPS) is 25.2. The van der Waals surface area contributed by atoms with E-state index in [1.165, 1.54) is 12.3 Å². The fourth-order valence-corrected chi connectivity index (χ4v) is 3.79. The molecule has 2 unspecified atom stereocenters. The second kappa shape index (κ2) is 5.38. The Hall–Kier alpha value is -1.05. The molecule has 2 atom stereocenters. The average molecular weight is 302 g/mol. The highest BCUT2D eigenvalue weighted by molar-refractivity contribution is 7.89. The van der Waals surface area contributed by atoms with Crippen LogP contribution >= 0.6 is 0 Å². The van der Waals surface area contributed by atoms with E-state index in [4.69, 9.17) is 4.74 Å². The summed E-state index contributed by atoms with van der Waals surface area (Å²) in [5.74, 6) is -0.849. The summed E-state index contributed by atoms with van der Waals surface area (Å²) in [4.78, 5) is 3.61. The quantitative estimate of drug-likeness (QED) is 0.899. The van der Waals surface area contributed by atoms with Gasteiger partial charge in [0, 0.05) is 24.3 Å². The van der Waals surface area contributed by atoms with Gasteiger partial charge in [0.1, 0.15) is 0 Å². The Morgan fingerprint density at radius 3 is 2.80 bits per heavy atom. The first kappa shape index (κ1) is 15.3. The summed E-state index contributed by atoms with van der Waals surface area (Å²) in [6, 6.07) is 2.15. The van der Waals surface area contributed by atoms with Crippen LogP contribution in [0.15, 0.2) is 23.4 Å². The van der Waals surface area contributed by atoms with Gasteiger partial charge < -0.3 is 4.74 Å². The lowest BCUT2D eigenvalue weighted by atomic mass is 9.65. The van der Waals surface area contributed by atoms with Crippen LogP contribution in [0.3, 0.4) is 0 Å². The fraction of sp³-hybridized carbons (Fsp3) is 0.615. The van der Waals surface area contributed by atoms with E-state index in [1.807, 2.05) is 20.8 Å². The molecule has 1 aromatic heterocycles. The van der Waals surface area contributed by atoms with E-state index in [2.05, 4.69) is 9.71 Å². The van der Waals surface area contributed by atoms with E-state index in [9.17, 15) is 12.8 Å². The minimum atomic E-state index is -3.95. The molecule has 1 N–H and O–H groups in total. The number of hydrogen-bond donors (Lipinski definition) is 1. The molecule has 112 valence electrons. The molecule has 0 saturated heterocycles. The van der Waals surface area contributed by atoms with Gasteiger partial charge >= 0.3 is 0 Å². The Bertz CT molecular complexity index is 589. The molecule has 0 amide bonds. The molecular weight excluding hydrogens is 283 g/mol. The summed E-state index contributed by atoms with van der Waals surface area (Å²) in [7, 11) is -3.95. The maximum Gasteiger partial charge on any atom is 0.261 e. The summed E-state index contributed by atoms with van der Waals surface area (Å²) in [6.07, 6.45) is 1.84. The van der Waals surface area contributed by atoms with E-state index in [0.29, 0.717) is 13.0 Å². The summed E-state index contributed by atoms with van der Waals surface area (Å²) >= 11 is 0. The lowest BCUT2D eigenvalue weighted by Gasteiger charge is -2.51. The summed E-state index contributed by atoms with van der Waals surface area (Å²) in [5.41, 5.74) is -0.325. The predicted molar refractivity (Wildman–Crippen MR) is 72.1 cm³/mol. The largest absolute Gasteiger partial charge is 0.378 e. The van der Waals surface area contributed by atoms with Crippen LogP contribution in [0.2, 0.25) is 0 Å². The molecule has 0 spiro atoms. The molecule has 0 aromatic carbocycles. The van der Waals surface area contributed by atoms with Crippen molar-refractivity contribution < 1.29 is 17.5 Å². The molecule has 1 fully saturated rings. The number of nitrogens with one attached hydrogen (secondary N) is 1. The molecule has 5 nitrogen and oxygen atoms in total. The van der Waals surface area contributed by atoms with Crippen LogP contribution in [-0.4, -0.2) is 32.2 Å². The summed E-state index contributed by atoms with van der Waals surface area (Å²) < 4.78 is 45.9. The van der Waals surface area contributed by atoms with Crippen LogP contribution in [0, 0.1) is 11.2 Å². The summed E-state index contributed by atoms with van der Waals surface area (Å²) in [5, 5.41) is -0.560. The van der Waals surface area contributed by atoms with Crippen LogP contribution in [0.4, 0.5) is 4.39 Å². The van der Waals surface area contributed by atoms with Crippen molar-refractivity contribution in [2.24, 2.45) is 5.41 Å². The van der Waals surface area contributed by atoms with Gasteiger partial charge in [-0.2, -0.15) is 0 Å². The van der Waals surface area contributed by atoms with Gasteiger partial charge in [-0.05, 0) is 25.5 Å². The van der Waals surface area contributed by atoms with Crippen LogP contribution in [0.5, 0.6) is 0 Å². The van der Waals surface area contributed by atoms with Crippen molar-refractivity contribution in [3.8, 4) is 0 Å². The van der Waals surface area contributed by atoms with Crippen LogP contribution < -0.4 is 4.72 Å². The Balaban J connectivity index is 2.14. The van der Waals surface area contributed by atoms with Gasteiger partial charge in [0.05, 0.1) is 6.10 Å². The van der Waals surface area contributed by atoms with Gasteiger partial charge in [-0.1, -0.05) is 13.8 Å². The molecule has 20 heavy (non-hydrogen) atoms. The molecule has 7 heteroatoms. The second-order valence-corrected chi connectivity index (χ2v) is 7.09. The number of aromatic nitrogens is 1.